The smallest absolute Gasteiger partial charge is 0.387 e. The number of hydrogen-bond donors (Lipinski definition) is 2. The summed E-state index contributed by atoms with van der Waals surface area (Å²) in [6.45, 7) is -1.99. The molecule has 7 heteroatoms. The number of hydrogen-bond acceptors (Lipinski definition) is 4. The molecule has 1 saturated heterocycles. The molecule has 1 fully saturated rings. The summed E-state index contributed by atoms with van der Waals surface area (Å²) in [5.74, 6) is 0.417. The van der Waals surface area contributed by atoms with E-state index >= 15 is 0 Å². The van der Waals surface area contributed by atoms with Gasteiger partial charge in [-0.25, -0.2) is 0 Å². The Hall–Kier alpha value is -1.89. The Bertz CT molecular complexity index is 506. The Morgan fingerprint density at radius 2 is 2.27 bits per heavy atom. The van der Waals surface area contributed by atoms with Crippen molar-refractivity contribution >= 4 is 5.91 Å². The Labute approximate surface area is 128 Å². The van der Waals surface area contributed by atoms with Gasteiger partial charge in [0.05, 0.1) is 13.2 Å². The summed E-state index contributed by atoms with van der Waals surface area (Å²) in [7, 11) is 1.48. The quantitative estimate of drug-likeness (QED) is 0.844. The molecule has 1 heterocycles. The lowest BCUT2D eigenvalue weighted by Crippen LogP contribution is -2.46. The van der Waals surface area contributed by atoms with Crippen molar-refractivity contribution in [3.8, 4) is 11.5 Å². The van der Waals surface area contributed by atoms with Gasteiger partial charge in [0.25, 0.3) is 0 Å². The summed E-state index contributed by atoms with van der Waals surface area (Å²) in [4.78, 5) is 12.1. The summed E-state index contributed by atoms with van der Waals surface area (Å²) in [5.41, 5.74) is 0.448. The van der Waals surface area contributed by atoms with Crippen LogP contribution in [0.25, 0.3) is 0 Å². The number of halogens is 2. The molecule has 1 atom stereocenters. The zero-order chi connectivity index (χ0) is 15.9. The average Bonchev–Trinajstić information content (AvgIpc) is 2.54. The number of piperidine rings is 1. The van der Waals surface area contributed by atoms with Crippen molar-refractivity contribution in [2.75, 3.05) is 13.7 Å². The Morgan fingerprint density at radius 3 is 2.91 bits per heavy atom. The van der Waals surface area contributed by atoms with E-state index < -0.39 is 6.61 Å². The number of ether oxygens (including phenoxy) is 2. The number of methoxy groups -OCH3 is 1. The van der Waals surface area contributed by atoms with Crippen LogP contribution in [-0.2, 0) is 11.3 Å². The van der Waals surface area contributed by atoms with E-state index in [2.05, 4.69) is 15.4 Å². The number of alkyl halides is 2. The molecule has 1 unspecified atom stereocenters. The van der Waals surface area contributed by atoms with Crippen LogP contribution in [0.3, 0.4) is 0 Å². The number of benzene rings is 1. The second-order valence-electron chi connectivity index (χ2n) is 5.07. The number of carbonyl (C=O) groups excluding carboxylic acids is 1. The first-order valence-electron chi connectivity index (χ1n) is 7.23. The van der Waals surface area contributed by atoms with Gasteiger partial charge in [-0.15, -0.1) is 0 Å². The summed E-state index contributed by atoms with van der Waals surface area (Å²) in [5, 5.41) is 5.89. The Balaban J connectivity index is 2.01. The van der Waals surface area contributed by atoms with Crippen LogP contribution >= 0.6 is 0 Å². The molecule has 22 heavy (non-hydrogen) atoms. The van der Waals surface area contributed by atoms with Crippen molar-refractivity contribution in [1.29, 1.82) is 0 Å². The normalized spacial score (nSPS) is 18.1. The van der Waals surface area contributed by atoms with Crippen LogP contribution < -0.4 is 20.1 Å². The molecular weight excluding hydrogens is 294 g/mol. The maximum atomic E-state index is 12.4. The van der Waals surface area contributed by atoms with Crippen LogP contribution in [0, 0.1) is 0 Å². The Kier molecular flexibility index (Phi) is 5.94. The minimum Gasteiger partial charge on any atom is -0.497 e. The van der Waals surface area contributed by atoms with Gasteiger partial charge in [0.1, 0.15) is 11.5 Å². The summed E-state index contributed by atoms with van der Waals surface area (Å²) >= 11 is 0. The standard InChI is InChI=1S/C15H20F2N2O3/c1-21-11-5-6-13(22-15(16)17)10(8-11)9-19-14(20)12-4-2-3-7-18-12/h5-6,8,12,15,18H,2-4,7,9H2,1H3,(H,19,20). The van der Waals surface area contributed by atoms with Crippen LogP contribution in [0.2, 0.25) is 0 Å². The fraction of sp³-hybridized carbons (Fsp3) is 0.533. The molecule has 122 valence electrons. The Morgan fingerprint density at radius 1 is 1.45 bits per heavy atom. The molecule has 0 spiro atoms. The molecule has 0 saturated carbocycles. The van der Waals surface area contributed by atoms with Crippen molar-refractivity contribution in [2.45, 2.75) is 38.5 Å². The molecule has 5 nitrogen and oxygen atoms in total. The topological polar surface area (TPSA) is 59.6 Å². The minimum atomic E-state index is -2.91. The van der Waals surface area contributed by atoms with Crippen LogP contribution in [0.4, 0.5) is 8.78 Å². The van der Waals surface area contributed by atoms with Gasteiger partial charge in [-0.05, 0) is 37.6 Å². The monoisotopic (exact) mass is 314 g/mol. The number of amides is 1. The molecule has 0 radical (unpaired) electrons. The van der Waals surface area contributed by atoms with E-state index in [9.17, 15) is 13.6 Å². The lowest BCUT2D eigenvalue weighted by molar-refractivity contribution is -0.123. The van der Waals surface area contributed by atoms with E-state index in [1.165, 1.54) is 19.2 Å². The number of rotatable bonds is 6. The molecule has 0 bridgehead atoms. The van der Waals surface area contributed by atoms with Crippen LogP contribution in [0.15, 0.2) is 18.2 Å². The van der Waals surface area contributed by atoms with E-state index in [-0.39, 0.29) is 24.2 Å². The molecule has 1 aromatic rings. The highest BCUT2D eigenvalue weighted by atomic mass is 19.3. The third kappa shape index (κ3) is 4.56. The van der Waals surface area contributed by atoms with Crippen LogP contribution in [0.5, 0.6) is 11.5 Å². The SMILES string of the molecule is COc1ccc(OC(F)F)c(CNC(=O)C2CCCCN2)c1. The first-order chi connectivity index (χ1) is 10.6. The molecule has 0 aliphatic carbocycles. The van der Waals surface area contributed by atoms with Crippen molar-refractivity contribution in [3.63, 3.8) is 0 Å². The summed E-state index contributed by atoms with van der Waals surface area (Å²) in [6, 6.07) is 4.29. The lowest BCUT2D eigenvalue weighted by Gasteiger charge is -2.22. The molecule has 1 amide bonds. The van der Waals surface area contributed by atoms with Crippen molar-refractivity contribution in [3.05, 3.63) is 23.8 Å². The molecule has 2 N–H and O–H groups in total. The molecule has 1 aromatic carbocycles. The highest BCUT2D eigenvalue weighted by molar-refractivity contribution is 5.81. The second-order valence-corrected chi connectivity index (χ2v) is 5.07. The van der Waals surface area contributed by atoms with Crippen molar-refractivity contribution in [1.82, 2.24) is 10.6 Å². The van der Waals surface area contributed by atoms with Gasteiger partial charge >= 0.3 is 6.61 Å². The van der Waals surface area contributed by atoms with Crippen LogP contribution in [0.1, 0.15) is 24.8 Å². The van der Waals surface area contributed by atoms with Gasteiger partial charge in [0.2, 0.25) is 5.91 Å². The fourth-order valence-electron chi connectivity index (χ4n) is 2.41. The van der Waals surface area contributed by atoms with Gasteiger partial charge in [0.15, 0.2) is 0 Å². The molecule has 2 rings (SSSR count). The van der Waals surface area contributed by atoms with E-state index in [4.69, 9.17) is 4.74 Å². The van der Waals surface area contributed by atoms with E-state index in [1.54, 1.807) is 6.07 Å². The van der Waals surface area contributed by atoms with E-state index in [0.29, 0.717) is 11.3 Å². The number of nitrogens with one attached hydrogen (secondary N) is 2. The molecule has 1 aliphatic heterocycles. The zero-order valence-electron chi connectivity index (χ0n) is 12.4. The fourth-order valence-corrected chi connectivity index (χ4v) is 2.41. The summed E-state index contributed by atoms with van der Waals surface area (Å²) < 4.78 is 34.4. The maximum absolute atomic E-state index is 12.4. The predicted octanol–water partition coefficient (Wildman–Crippen LogP) is 2.05. The second kappa shape index (κ2) is 7.93. The lowest BCUT2D eigenvalue weighted by atomic mass is 10.0. The van der Waals surface area contributed by atoms with Gasteiger partial charge in [-0.1, -0.05) is 6.42 Å². The van der Waals surface area contributed by atoms with Gasteiger partial charge in [0, 0.05) is 12.1 Å². The number of carbonyl (C=O) groups is 1. The van der Waals surface area contributed by atoms with Gasteiger partial charge < -0.3 is 20.1 Å². The van der Waals surface area contributed by atoms with Gasteiger partial charge in [-0.2, -0.15) is 8.78 Å². The molecule has 1 aliphatic rings. The summed E-state index contributed by atoms with van der Waals surface area (Å²) in [6.07, 6.45) is 2.85. The van der Waals surface area contributed by atoms with Gasteiger partial charge in [-0.3, -0.25) is 4.79 Å². The first kappa shape index (κ1) is 16.5. The average molecular weight is 314 g/mol. The third-order valence-electron chi connectivity index (χ3n) is 3.56. The van der Waals surface area contributed by atoms with Crippen molar-refractivity contribution < 1.29 is 23.0 Å². The third-order valence-corrected chi connectivity index (χ3v) is 3.56. The largest absolute Gasteiger partial charge is 0.497 e. The predicted molar refractivity (Wildman–Crippen MR) is 77.1 cm³/mol. The highest BCUT2D eigenvalue weighted by Crippen LogP contribution is 2.25. The minimum absolute atomic E-state index is 0.0349. The zero-order valence-corrected chi connectivity index (χ0v) is 12.4. The van der Waals surface area contributed by atoms with Crippen LogP contribution in [-0.4, -0.2) is 32.2 Å². The van der Waals surface area contributed by atoms with E-state index in [0.717, 1.165) is 25.8 Å². The first-order valence-corrected chi connectivity index (χ1v) is 7.23. The van der Waals surface area contributed by atoms with E-state index in [1.807, 2.05) is 0 Å². The molecular formula is C15H20F2N2O3. The molecule has 0 aromatic heterocycles. The maximum Gasteiger partial charge on any atom is 0.387 e. The highest BCUT2D eigenvalue weighted by Gasteiger charge is 2.20. The van der Waals surface area contributed by atoms with Crippen molar-refractivity contribution in [2.24, 2.45) is 0 Å².